The van der Waals surface area contributed by atoms with E-state index < -0.39 is 28.3 Å². The van der Waals surface area contributed by atoms with Crippen molar-refractivity contribution in [3.05, 3.63) is 83.7 Å². The van der Waals surface area contributed by atoms with Crippen molar-refractivity contribution in [2.24, 2.45) is 0 Å². The fourth-order valence-electron chi connectivity index (χ4n) is 5.62. The highest BCUT2D eigenvalue weighted by Crippen LogP contribution is 2.50. The summed E-state index contributed by atoms with van der Waals surface area (Å²) in [5.41, 5.74) is 5.55. The maximum atomic E-state index is 15.2. The van der Waals surface area contributed by atoms with E-state index in [-0.39, 0.29) is 18.0 Å². The van der Waals surface area contributed by atoms with Crippen molar-refractivity contribution in [2.45, 2.75) is 42.6 Å². The molecule has 0 spiro atoms. The Labute approximate surface area is 205 Å². The third-order valence-corrected chi connectivity index (χ3v) is 7.84. The quantitative estimate of drug-likeness (QED) is 0.415. The van der Waals surface area contributed by atoms with E-state index in [2.05, 4.69) is 4.98 Å². The van der Waals surface area contributed by atoms with Crippen LogP contribution in [0.4, 0.5) is 19.0 Å². The number of nitrogens with two attached hydrogens (primary N) is 1. The van der Waals surface area contributed by atoms with E-state index in [1.165, 1.54) is 30.3 Å². The van der Waals surface area contributed by atoms with Crippen molar-refractivity contribution >= 4 is 11.3 Å². The molecule has 3 fully saturated rings. The molecule has 4 heterocycles. The maximum Gasteiger partial charge on any atom is 0.301 e. The monoisotopic (exact) mass is 494 g/mol. The summed E-state index contributed by atoms with van der Waals surface area (Å²) >= 11 is 0. The number of benzene rings is 2. The number of hydrogen-bond donors (Lipinski definition) is 2. The molecule has 0 atom stereocenters. The van der Waals surface area contributed by atoms with Gasteiger partial charge in [0.05, 0.1) is 29.8 Å². The second-order valence-electron chi connectivity index (χ2n) is 9.86. The summed E-state index contributed by atoms with van der Waals surface area (Å²) in [6.07, 6.45) is 6.26. The first-order valence-electron chi connectivity index (χ1n) is 11.9. The number of rotatable bonds is 5. The van der Waals surface area contributed by atoms with Gasteiger partial charge in [-0.05, 0) is 37.8 Å². The minimum Gasteiger partial charge on any atom is -0.393 e. The molecule has 2 aromatic carbocycles. The molecule has 1 aliphatic carbocycles. The summed E-state index contributed by atoms with van der Waals surface area (Å²) in [7, 11) is 0. The van der Waals surface area contributed by atoms with Gasteiger partial charge in [0.2, 0.25) is 0 Å². The summed E-state index contributed by atoms with van der Waals surface area (Å²) in [5.74, 6) is -3.60. The number of nitrogen functional groups attached to an aromatic ring is 1. The maximum absolute atomic E-state index is 15.2. The molecule has 36 heavy (non-hydrogen) atoms. The molecule has 9 heteroatoms. The topological polar surface area (TPSA) is 85.7 Å². The largest absolute Gasteiger partial charge is 0.393 e. The van der Waals surface area contributed by atoms with Crippen LogP contribution in [0.1, 0.15) is 42.6 Å². The molecule has 186 valence electrons. The minimum absolute atomic E-state index is 0.0211. The molecule has 0 amide bonds. The number of hydrogen-bond acceptors (Lipinski definition) is 5. The van der Waals surface area contributed by atoms with Gasteiger partial charge in [-0.2, -0.15) is 8.78 Å². The number of imidazole rings is 1. The number of anilines is 1. The molecular weight excluding hydrogens is 469 g/mol. The molecule has 3 aliphatic rings. The highest BCUT2D eigenvalue weighted by molar-refractivity contribution is 5.85. The molecule has 6 nitrogen and oxygen atoms in total. The van der Waals surface area contributed by atoms with Gasteiger partial charge >= 0.3 is 5.92 Å². The van der Waals surface area contributed by atoms with Crippen LogP contribution in [0.3, 0.4) is 0 Å². The lowest BCUT2D eigenvalue weighted by molar-refractivity contribution is -0.177. The van der Waals surface area contributed by atoms with Crippen molar-refractivity contribution in [3.8, 4) is 11.3 Å². The standard InChI is InChI=1S/C27H25F3N4O2/c28-20-14-17(6-7-19(20)27(29,30)18-4-2-1-3-5-18)21-22-23(31)32-12-13-34(22)24(33-21)25-8-10-26(15-35,11-9-25)36-16-25/h1-7,12-14,35H,8-11,15-16H2,(H2,31,32). The molecular formula is C27H25F3N4O2. The molecule has 2 aromatic heterocycles. The Morgan fingerprint density at radius 3 is 2.47 bits per heavy atom. The van der Waals surface area contributed by atoms with Gasteiger partial charge in [-0.3, -0.25) is 4.40 Å². The zero-order valence-corrected chi connectivity index (χ0v) is 19.4. The van der Waals surface area contributed by atoms with E-state index in [0.29, 0.717) is 42.0 Å². The number of fused-ring (bicyclic) bond motifs is 4. The number of halogens is 3. The van der Waals surface area contributed by atoms with Crippen molar-refractivity contribution in [2.75, 3.05) is 18.9 Å². The van der Waals surface area contributed by atoms with Crippen LogP contribution in [0.15, 0.2) is 60.9 Å². The fourth-order valence-corrected chi connectivity index (χ4v) is 5.62. The summed E-state index contributed by atoms with van der Waals surface area (Å²) in [6.45, 7) is 0.373. The van der Waals surface area contributed by atoms with Gasteiger partial charge < -0.3 is 15.6 Å². The Hall–Kier alpha value is -3.43. The van der Waals surface area contributed by atoms with Crippen molar-refractivity contribution in [1.29, 1.82) is 0 Å². The number of ether oxygens (including phenoxy) is 1. The molecule has 4 aromatic rings. The molecule has 3 N–H and O–H groups in total. The lowest BCUT2D eigenvalue weighted by Gasteiger charge is -2.51. The Morgan fingerprint density at radius 2 is 1.83 bits per heavy atom. The number of aliphatic hydroxyl groups excluding tert-OH is 1. The van der Waals surface area contributed by atoms with Crippen molar-refractivity contribution < 1.29 is 23.0 Å². The van der Waals surface area contributed by atoms with Crippen LogP contribution in [0.2, 0.25) is 0 Å². The summed E-state index contributed by atoms with van der Waals surface area (Å²) < 4.78 is 53.3. The summed E-state index contributed by atoms with van der Waals surface area (Å²) in [4.78, 5) is 9.09. The molecule has 2 saturated heterocycles. The lowest BCUT2D eigenvalue weighted by Crippen LogP contribution is -2.55. The van der Waals surface area contributed by atoms with Crippen LogP contribution in [0, 0.1) is 5.82 Å². The smallest absolute Gasteiger partial charge is 0.301 e. The van der Waals surface area contributed by atoms with Gasteiger partial charge in [-0.25, -0.2) is 14.4 Å². The molecule has 1 saturated carbocycles. The van der Waals surface area contributed by atoms with E-state index in [1.807, 2.05) is 4.40 Å². The number of aromatic nitrogens is 3. The average Bonchev–Trinajstić information content (AvgIpc) is 3.32. The van der Waals surface area contributed by atoms with Crippen LogP contribution < -0.4 is 5.73 Å². The third-order valence-electron chi connectivity index (χ3n) is 7.84. The lowest BCUT2D eigenvalue weighted by atomic mass is 9.66. The molecule has 0 unspecified atom stereocenters. The van der Waals surface area contributed by atoms with Gasteiger partial charge in [0.15, 0.2) is 0 Å². The van der Waals surface area contributed by atoms with Crippen LogP contribution in [0.5, 0.6) is 0 Å². The van der Waals surface area contributed by atoms with Gasteiger partial charge in [-0.15, -0.1) is 0 Å². The molecule has 2 bridgehead atoms. The van der Waals surface area contributed by atoms with Crippen LogP contribution in [0.25, 0.3) is 16.8 Å². The summed E-state index contributed by atoms with van der Waals surface area (Å²) in [5, 5.41) is 9.80. The zero-order chi connectivity index (χ0) is 25.1. The van der Waals surface area contributed by atoms with Gasteiger partial charge in [0, 0.05) is 23.5 Å². The predicted molar refractivity (Wildman–Crippen MR) is 128 cm³/mol. The Balaban J connectivity index is 1.45. The Bertz CT molecular complexity index is 1430. The molecule has 7 rings (SSSR count). The van der Waals surface area contributed by atoms with E-state index in [1.54, 1.807) is 18.5 Å². The Kier molecular flexibility index (Phi) is 5.14. The summed E-state index contributed by atoms with van der Waals surface area (Å²) in [6, 6.07) is 10.8. The second kappa shape index (κ2) is 8.04. The van der Waals surface area contributed by atoms with Gasteiger partial charge in [0.25, 0.3) is 0 Å². The van der Waals surface area contributed by atoms with Crippen molar-refractivity contribution in [1.82, 2.24) is 14.4 Å². The minimum atomic E-state index is -3.49. The molecule has 0 radical (unpaired) electrons. The van der Waals surface area contributed by atoms with Crippen LogP contribution in [-0.2, 0) is 16.1 Å². The normalized spacial score (nSPS) is 23.9. The number of nitrogens with zero attached hydrogens (tertiary/aromatic N) is 3. The van der Waals surface area contributed by atoms with Crippen LogP contribution >= 0.6 is 0 Å². The van der Waals surface area contributed by atoms with E-state index in [4.69, 9.17) is 15.5 Å². The highest BCUT2D eigenvalue weighted by Gasteiger charge is 2.52. The molecule has 2 aliphatic heterocycles. The number of aliphatic hydroxyl groups is 1. The first-order valence-corrected chi connectivity index (χ1v) is 11.9. The number of alkyl halides is 2. The highest BCUT2D eigenvalue weighted by atomic mass is 19.3. The second-order valence-corrected chi connectivity index (χ2v) is 9.86. The first kappa shape index (κ1) is 23.0. The Morgan fingerprint density at radius 1 is 1.08 bits per heavy atom. The SMILES string of the molecule is Nc1nccn2c(C34CCC(CO)(CC3)OC4)nc(-c3ccc(C(F)(F)c4ccccc4)c(F)c3)c12. The third kappa shape index (κ3) is 3.33. The average molecular weight is 495 g/mol. The van der Waals surface area contributed by atoms with Crippen LogP contribution in [-0.4, -0.2) is 38.3 Å². The van der Waals surface area contributed by atoms with Gasteiger partial charge in [-0.1, -0.05) is 36.4 Å². The van der Waals surface area contributed by atoms with E-state index >= 15 is 13.2 Å². The zero-order valence-electron chi connectivity index (χ0n) is 19.4. The van der Waals surface area contributed by atoms with Gasteiger partial charge in [0.1, 0.15) is 28.7 Å². The fraction of sp³-hybridized carbons (Fsp3) is 0.333. The van der Waals surface area contributed by atoms with Crippen molar-refractivity contribution in [3.63, 3.8) is 0 Å². The van der Waals surface area contributed by atoms with E-state index in [0.717, 1.165) is 25.0 Å². The van der Waals surface area contributed by atoms with E-state index in [9.17, 15) is 5.11 Å². The first-order chi connectivity index (χ1) is 17.3. The predicted octanol–water partition coefficient (Wildman–Crippen LogP) is 4.83.